The van der Waals surface area contributed by atoms with Crippen LogP contribution in [0.3, 0.4) is 0 Å². The molecule has 0 radical (unpaired) electrons. The van der Waals surface area contributed by atoms with Gasteiger partial charge in [0.05, 0.1) is 4.90 Å². The molecular formula is C6H5ClO3S2Zn. The summed E-state index contributed by atoms with van der Waals surface area (Å²) >= 11 is 3.85. The van der Waals surface area contributed by atoms with Crippen molar-refractivity contribution in [2.24, 2.45) is 0 Å². The van der Waals surface area contributed by atoms with Gasteiger partial charge in [0, 0.05) is 41.1 Å². The minimum Gasteiger partial charge on any atom is -0.507 e. The van der Waals surface area contributed by atoms with E-state index in [2.05, 4.69) is 12.6 Å². The molecule has 0 unspecified atom stereocenters. The van der Waals surface area contributed by atoms with Crippen LogP contribution in [0.1, 0.15) is 0 Å². The number of hydrogen-bond acceptors (Lipinski definition) is 4. The summed E-state index contributed by atoms with van der Waals surface area (Å²) in [4.78, 5) is 0.165. The summed E-state index contributed by atoms with van der Waals surface area (Å²) in [7, 11) is 1.26. The second-order valence-electron chi connectivity index (χ2n) is 2.09. The van der Waals surface area contributed by atoms with Gasteiger partial charge in [-0.3, -0.25) is 0 Å². The molecule has 0 aromatic heterocycles. The van der Waals surface area contributed by atoms with Gasteiger partial charge < -0.3 is 5.11 Å². The summed E-state index contributed by atoms with van der Waals surface area (Å²) in [5, 5.41) is 9.06. The maximum absolute atomic E-state index is 10.7. The maximum atomic E-state index is 10.7. The number of benzene rings is 1. The number of aromatic hydroxyl groups is 1. The van der Waals surface area contributed by atoms with Crippen molar-refractivity contribution in [1.82, 2.24) is 0 Å². The first-order valence-electron chi connectivity index (χ1n) is 2.88. The Hall–Kier alpha value is 0.233. The summed E-state index contributed by atoms with van der Waals surface area (Å²) in [6, 6.07) is 3.67. The zero-order valence-electron chi connectivity index (χ0n) is 6.44. The van der Waals surface area contributed by atoms with Crippen LogP contribution in [0.25, 0.3) is 0 Å². The molecule has 0 atom stereocenters. The fourth-order valence-corrected chi connectivity index (χ4v) is 1.56. The molecule has 68 valence electrons. The Morgan fingerprint density at radius 1 is 1.38 bits per heavy atom. The van der Waals surface area contributed by atoms with Crippen molar-refractivity contribution in [2.45, 2.75) is 9.79 Å². The number of hydrogen-bond donors (Lipinski definition) is 2. The molecule has 0 fully saturated rings. The predicted octanol–water partition coefficient (Wildman–Crippen LogP) is 1.61. The Morgan fingerprint density at radius 2 is 1.92 bits per heavy atom. The van der Waals surface area contributed by atoms with Crippen LogP contribution in [-0.4, -0.2) is 13.5 Å². The molecule has 7 heteroatoms. The largest absolute Gasteiger partial charge is 0.507 e. The predicted molar refractivity (Wildman–Crippen MR) is 48.4 cm³/mol. The molecule has 1 aromatic carbocycles. The first kappa shape index (κ1) is 13.2. The van der Waals surface area contributed by atoms with Crippen LogP contribution in [0, 0.1) is 0 Å². The van der Waals surface area contributed by atoms with E-state index in [0.29, 0.717) is 4.90 Å². The zero-order chi connectivity index (χ0) is 9.35. The van der Waals surface area contributed by atoms with Gasteiger partial charge in [0.2, 0.25) is 0 Å². The summed E-state index contributed by atoms with van der Waals surface area (Å²) in [6.07, 6.45) is 0. The van der Waals surface area contributed by atoms with Crippen molar-refractivity contribution in [3.05, 3.63) is 18.2 Å². The van der Waals surface area contributed by atoms with Gasteiger partial charge in [0.1, 0.15) is 5.75 Å². The maximum Gasteiger partial charge on any atom is 0.261 e. The zero-order valence-corrected chi connectivity index (χ0v) is 11.9. The second kappa shape index (κ2) is 4.64. The van der Waals surface area contributed by atoms with Crippen molar-refractivity contribution < 1.29 is 33.0 Å². The third-order valence-electron chi connectivity index (χ3n) is 1.23. The molecule has 0 aliphatic carbocycles. The van der Waals surface area contributed by atoms with Gasteiger partial charge in [-0.1, -0.05) is 0 Å². The molecule has 0 spiro atoms. The Labute approximate surface area is 98.7 Å². The Balaban J connectivity index is 0.00000144. The molecule has 1 N–H and O–H groups in total. The van der Waals surface area contributed by atoms with E-state index in [4.69, 9.17) is 15.8 Å². The number of thiol groups is 1. The average Bonchev–Trinajstić information content (AvgIpc) is 1.92. The van der Waals surface area contributed by atoms with Gasteiger partial charge in [0.15, 0.2) is 0 Å². The molecule has 0 saturated carbocycles. The van der Waals surface area contributed by atoms with E-state index in [1.807, 2.05) is 0 Å². The van der Waals surface area contributed by atoms with Crippen LogP contribution in [0.2, 0.25) is 0 Å². The van der Waals surface area contributed by atoms with Gasteiger partial charge in [0.25, 0.3) is 9.05 Å². The topological polar surface area (TPSA) is 54.4 Å². The van der Waals surface area contributed by atoms with Crippen LogP contribution < -0.4 is 0 Å². The standard InChI is InChI=1S/C6H5ClO3S2.Zn/c7-12(9,10)4-1-2-6(11)5(8)3-4;/h1-3,8,11H;. The quantitative estimate of drug-likeness (QED) is 0.469. The van der Waals surface area contributed by atoms with Crippen LogP contribution >= 0.6 is 23.3 Å². The van der Waals surface area contributed by atoms with E-state index < -0.39 is 9.05 Å². The minimum atomic E-state index is -3.76. The summed E-state index contributed by atoms with van der Waals surface area (Å²) in [6.45, 7) is 0. The number of phenolic OH excluding ortho intramolecular Hbond substituents is 1. The molecule has 0 saturated heterocycles. The smallest absolute Gasteiger partial charge is 0.261 e. The normalized spacial score (nSPS) is 10.6. The Kier molecular flexibility index (Phi) is 4.73. The van der Waals surface area contributed by atoms with Gasteiger partial charge in [-0.2, -0.15) is 0 Å². The van der Waals surface area contributed by atoms with Crippen LogP contribution in [-0.2, 0) is 28.5 Å². The monoisotopic (exact) mass is 288 g/mol. The fraction of sp³-hybridized carbons (Fsp3) is 0. The van der Waals surface area contributed by atoms with Gasteiger partial charge in [-0.25, -0.2) is 8.42 Å². The molecule has 13 heavy (non-hydrogen) atoms. The first-order chi connectivity index (χ1) is 5.41. The Morgan fingerprint density at radius 3 is 2.31 bits per heavy atom. The van der Waals surface area contributed by atoms with Gasteiger partial charge >= 0.3 is 0 Å². The van der Waals surface area contributed by atoms with Gasteiger partial charge in [-0.05, 0) is 12.1 Å². The van der Waals surface area contributed by atoms with Gasteiger partial charge in [-0.15, -0.1) is 12.6 Å². The molecule has 0 heterocycles. The molecule has 0 bridgehead atoms. The molecular weight excluding hydrogens is 285 g/mol. The molecule has 3 nitrogen and oxygen atoms in total. The molecule has 0 aliphatic heterocycles. The number of phenols is 1. The van der Waals surface area contributed by atoms with Crippen molar-refractivity contribution in [3.63, 3.8) is 0 Å². The van der Waals surface area contributed by atoms with E-state index in [1.54, 1.807) is 0 Å². The first-order valence-corrected chi connectivity index (χ1v) is 5.63. The molecule has 1 aromatic rings. The average molecular weight is 290 g/mol. The minimum absolute atomic E-state index is 0. The second-order valence-corrected chi connectivity index (χ2v) is 5.14. The fourth-order valence-electron chi connectivity index (χ4n) is 0.655. The molecule has 0 aliphatic rings. The van der Waals surface area contributed by atoms with Crippen LogP contribution in [0.4, 0.5) is 0 Å². The van der Waals surface area contributed by atoms with Crippen molar-refractivity contribution >= 4 is 32.4 Å². The molecule has 0 amide bonds. The third-order valence-corrected chi connectivity index (χ3v) is 2.96. The molecule has 1 rings (SSSR count). The van der Waals surface area contributed by atoms with E-state index in [-0.39, 0.29) is 30.1 Å². The summed E-state index contributed by atoms with van der Waals surface area (Å²) < 4.78 is 21.5. The number of halogens is 1. The third kappa shape index (κ3) is 3.46. The van der Waals surface area contributed by atoms with E-state index in [1.165, 1.54) is 12.1 Å². The Bertz CT molecular complexity index is 404. The van der Waals surface area contributed by atoms with Crippen molar-refractivity contribution in [3.8, 4) is 5.75 Å². The van der Waals surface area contributed by atoms with E-state index in [9.17, 15) is 8.42 Å². The van der Waals surface area contributed by atoms with Crippen LogP contribution in [0.5, 0.6) is 5.75 Å². The van der Waals surface area contributed by atoms with Crippen molar-refractivity contribution in [1.29, 1.82) is 0 Å². The van der Waals surface area contributed by atoms with Crippen molar-refractivity contribution in [2.75, 3.05) is 0 Å². The number of rotatable bonds is 1. The summed E-state index contributed by atoms with van der Waals surface area (Å²) in [5.74, 6) is -0.208. The van der Waals surface area contributed by atoms with Crippen LogP contribution in [0.15, 0.2) is 28.0 Å². The SMILES string of the molecule is O=S(=O)(Cl)c1ccc(S)c(O)c1.[Zn]. The van der Waals surface area contributed by atoms with E-state index >= 15 is 0 Å². The van der Waals surface area contributed by atoms with E-state index in [0.717, 1.165) is 6.07 Å². The summed E-state index contributed by atoms with van der Waals surface area (Å²) in [5.41, 5.74) is 0.